The molecule has 2 saturated carbocycles. The minimum Gasteiger partial charge on any atom is -0.440 e. The highest BCUT2D eigenvalue weighted by atomic mass is 127. The van der Waals surface area contributed by atoms with Gasteiger partial charge >= 0.3 is 6.09 Å². The van der Waals surface area contributed by atoms with Crippen molar-refractivity contribution in [1.29, 1.82) is 0 Å². The van der Waals surface area contributed by atoms with Gasteiger partial charge in [-0.2, -0.15) is 0 Å². The minimum absolute atomic E-state index is 0.00262. The highest BCUT2D eigenvalue weighted by Gasteiger charge is 2.81. The molecular formula is C32H44IN5O8. The molecule has 1 saturated heterocycles. The van der Waals surface area contributed by atoms with Gasteiger partial charge in [-0.15, -0.1) is 6.58 Å². The predicted octanol–water partition coefficient (Wildman–Crippen LogP) is 3.98. The maximum atomic E-state index is 14.0. The number of ketones is 1. The smallest absolute Gasteiger partial charge is 0.407 e. The average molecular weight is 754 g/mol. The third-order valence-electron chi connectivity index (χ3n) is 10.5. The summed E-state index contributed by atoms with van der Waals surface area (Å²) in [6.07, 6.45) is -2.27. The van der Waals surface area contributed by atoms with Crippen molar-refractivity contribution in [3.8, 4) is 0 Å². The number of aliphatic hydroxyl groups excluding tert-OH is 2. The second-order valence-electron chi connectivity index (χ2n) is 13.9. The molecule has 2 aliphatic carbocycles. The van der Waals surface area contributed by atoms with Gasteiger partial charge in [0.05, 0.1) is 23.5 Å². The second kappa shape index (κ2) is 13.0. The molecule has 1 aromatic rings. The van der Waals surface area contributed by atoms with E-state index in [1.165, 1.54) is 13.0 Å². The van der Waals surface area contributed by atoms with Crippen molar-refractivity contribution in [3.05, 3.63) is 50.4 Å². The number of rotatable bonds is 9. The molecule has 13 nitrogen and oxygen atoms in total. The Hall–Kier alpha value is -2.75. The molecule has 0 aromatic heterocycles. The number of carbonyl (C=O) groups is 3. The Kier molecular flexibility index (Phi) is 10.2. The fourth-order valence-electron chi connectivity index (χ4n) is 8.18. The highest BCUT2D eigenvalue weighted by Crippen LogP contribution is 2.67. The predicted molar refractivity (Wildman–Crippen MR) is 177 cm³/mol. The van der Waals surface area contributed by atoms with Crippen LogP contribution in [0.4, 0.5) is 10.5 Å². The van der Waals surface area contributed by atoms with Gasteiger partial charge in [-0.1, -0.05) is 44.1 Å². The minimum atomic E-state index is -2.32. The Labute approximate surface area is 282 Å². The molecule has 46 heavy (non-hydrogen) atoms. The Morgan fingerprint density at radius 2 is 1.89 bits per heavy atom. The molecule has 5 N–H and O–H groups in total. The van der Waals surface area contributed by atoms with Crippen LogP contribution in [0.2, 0.25) is 0 Å². The Morgan fingerprint density at radius 1 is 1.22 bits per heavy atom. The van der Waals surface area contributed by atoms with E-state index >= 15 is 0 Å². The molecular weight excluding hydrogens is 709 g/mol. The summed E-state index contributed by atoms with van der Waals surface area (Å²) in [7, 11) is 0. The first-order valence-corrected chi connectivity index (χ1v) is 16.5. The quantitative estimate of drug-likeness (QED) is 0.0622. The maximum absolute atomic E-state index is 14.0. The monoisotopic (exact) mass is 753 g/mol. The third kappa shape index (κ3) is 6.03. The fourth-order valence-corrected chi connectivity index (χ4v) is 8.87. The van der Waals surface area contributed by atoms with Gasteiger partial charge in [-0.3, -0.25) is 9.59 Å². The van der Waals surface area contributed by atoms with E-state index in [-0.39, 0.29) is 31.8 Å². The first-order valence-electron chi connectivity index (χ1n) is 15.4. The lowest BCUT2D eigenvalue weighted by molar-refractivity contribution is -0.369. The van der Waals surface area contributed by atoms with E-state index in [0.717, 1.165) is 9.13 Å². The van der Waals surface area contributed by atoms with Crippen molar-refractivity contribution in [2.24, 2.45) is 21.9 Å². The number of hydrogen-bond acceptors (Lipinski definition) is 9. The van der Waals surface area contributed by atoms with E-state index in [2.05, 4.69) is 49.8 Å². The van der Waals surface area contributed by atoms with Crippen LogP contribution >= 0.6 is 22.6 Å². The third-order valence-corrected chi connectivity index (χ3v) is 11.3. The number of alkyl carbamates (subject to hydrolysis) is 1. The number of halogens is 1. The Bertz CT molecular complexity index is 1450. The van der Waals surface area contributed by atoms with E-state index in [0.29, 0.717) is 24.9 Å². The van der Waals surface area contributed by atoms with Crippen LogP contribution in [-0.4, -0.2) is 81.3 Å². The number of nitrogens with zero attached hydrogens (tertiary/aromatic N) is 3. The lowest BCUT2D eigenvalue weighted by Crippen LogP contribution is -2.86. The number of ether oxygens (including phenoxy) is 2. The summed E-state index contributed by atoms with van der Waals surface area (Å²) >= 11 is 2.06. The molecule has 8 atom stereocenters. The van der Waals surface area contributed by atoms with Crippen LogP contribution in [0.3, 0.4) is 0 Å². The van der Waals surface area contributed by atoms with Crippen LogP contribution < -0.4 is 10.6 Å². The van der Waals surface area contributed by atoms with Crippen molar-refractivity contribution >= 4 is 46.1 Å². The normalized spacial score (nSPS) is 36.3. The van der Waals surface area contributed by atoms with Gasteiger partial charge in [0.15, 0.2) is 17.5 Å². The van der Waals surface area contributed by atoms with Crippen LogP contribution in [0.1, 0.15) is 65.9 Å². The number of Topliss-reactive ketones (excluding diaryl/α,β-unsaturated/α-hetero) is 1. The number of nitrogens with one attached hydrogen (secondary N) is 2. The van der Waals surface area contributed by atoms with E-state index in [4.69, 9.17) is 15.0 Å². The summed E-state index contributed by atoms with van der Waals surface area (Å²) in [5.74, 6) is -1.66. The van der Waals surface area contributed by atoms with E-state index in [9.17, 15) is 29.7 Å². The summed E-state index contributed by atoms with van der Waals surface area (Å²) in [5, 5.41) is 44.7. The first-order chi connectivity index (χ1) is 21.4. The number of aryl methyl sites for hydroxylation is 1. The zero-order chi connectivity index (χ0) is 34.3. The van der Waals surface area contributed by atoms with Crippen molar-refractivity contribution in [2.45, 2.75) is 102 Å². The largest absolute Gasteiger partial charge is 0.440 e. The molecule has 0 spiro atoms. The van der Waals surface area contributed by atoms with Gasteiger partial charge < -0.3 is 35.4 Å². The van der Waals surface area contributed by atoms with E-state index < -0.39 is 63.7 Å². The van der Waals surface area contributed by atoms with Gasteiger partial charge in [-0.05, 0) is 78.3 Å². The summed E-state index contributed by atoms with van der Waals surface area (Å²) in [6, 6.07) is 5.33. The molecule has 0 unspecified atom stereocenters. The van der Waals surface area contributed by atoms with Gasteiger partial charge in [0.2, 0.25) is 5.91 Å². The van der Waals surface area contributed by atoms with Gasteiger partial charge in [0.1, 0.15) is 5.60 Å². The molecule has 0 bridgehead atoms. The SMILES string of the molecule is C=C[C@@]1(C)CC(=O)[C@]2(O)[C@@]3(C)[C@@H](O)CCC(C)(C)[C@@H]3[C@H](O)[C@H](OC(=O)NCCNC(=O)CCc3ccc(N=[N+]=[N-])c(I)c3)[C@@]2(C)O1. The number of carbonyl (C=O) groups excluding carboxylic acids is 3. The number of fused-ring (bicyclic) bond motifs is 3. The Morgan fingerprint density at radius 3 is 2.52 bits per heavy atom. The standard InChI is InChI=1S/C32H44IN5O8/c1-7-29(4)17-22(40)32(44)30(5)21(39)12-13-28(2,3)25(30)24(42)26(31(32,6)46-29)45-27(43)36-15-14-35-23(41)11-9-18-8-10-20(37-38-34)19(33)16-18/h7-8,10,16,21,24-26,39,42,44H,1,9,11-15,17H2,2-6H3,(H,35,41)(H,36,43)/t21-,24-,25-,26-,29-,30-,31+,32-/m0/s1. The lowest BCUT2D eigenvalue weighted by Gasteiger charge is -2.71. The van der Waals surface area contributed by atoms with Crippen LogP contribution in [0.25, 0.3) is 10.4 Å². The van der Waals surface area contributed by atoms with E-state index in [1.807, 2.05) is 19.9 Å². The molecule has 14 heteroatoms. The molecule has 3 fully saturated rings. The number of amides is 2. The number of hydrogen-bond donors (Lipinski definition) is 5. The summed E-state index contributed by atoms with van der Waals surface area (Å²) in [4.78, 5) is 42.3. The van der Waals surface area contributed by atoms with Gasteiger partial charge in [-0.25, -0.2) is 4.79 Å². The molecule has 1 heterocycles. The summed E-state index contributed by atoms with van der Waals surface area (Å²) in [5.41, 5.74) is 2.37. The van der Waals surface area contributed by atoms with Crippen LogP contribution in [0.5, 0.6) is 0 Å². The van der Waals surface area contributed by atoms with Crippen molar-refractivity contribution < 1.29 is 39.2 Å². The fraction of sp³-hybridized carbons (Fsp3) is 0.656. The number of aliphatic hydroxyl groups is 3. The lowest BCUT2D eigenvalue weighted by atomic mass is 9.40. The molecule has 1 aliphatic heterocycles. The van der Waals surface area contributed by atoms with Crippen LogP contribution in [0, 0.1) is 20.3 Å². The zero-order valence-corrected chi connectivity index (χ0v) is 29.0. The molecule has 2 amide bonds. The van der Waals surface area contributed by atoms with Gasteiger partial charge in [0.25, 0.3) is 0 Å². The zero-order valence-electron chi connectivity index (χ0n) is 26.9. The van der Waals surface area contributed by atoms with Crippen molar-refractivity contribution in [1.82, 2.24) is 10.6 Å². The Balaban J connectivity index is 1.45. The average Bonchev–Trinajstić information content (AvgIpc) is 2.98. The number of benzene rings is 1. The highest BCUT2D eigenvalue weighted by molar-refractivity contribution is 14.1. The van der Waals surface area contributed by atoms with Gasteiger partial charge in [0, 0.05) is 45.7 Å². The van der Waals surface area contributed by atoms with Crippen LogP contribution in [-0.2, 0) is 25.5 Å². The molecule has 252 valence electrons. The molecule has 4 rings (SSSR count). The second-order valence-corrected chi connectivity index (χ2v) is 15.1. The van der Waals surface area contributed by atoms with Crippen molar-refractivity contribution in [3.63, 3.8) is 0 Å². The summed E-state index contributed by atoms with van der Waals surface area (Å²) in [6.45, 7) is 12.4. The van der Waals surface area contributed by atoms with Crippen LogP contribution in [0.15, 0.2) is 36.0 Å². The molecule has 0 radical (unpaired) electrons. The van der Waals surface area contributed by atoms with E-state index in [1.54, 1.807) is 26.0 Å². The molecule has 3 aliphatic rings. The first kappa shape index (κ1) is 36.1. The molecule has 1 aromatic carbocycles. The maximum Gasteiger partial charge on any atom is 0.407 e. The number of azide groups is 1. The summed E-state index contributed by atoms with van der Waals surface area (Å²) < 4.78 is 13.0. The van der Waals surface area contributed by atoms with Crippen molar-refractivity contribution in [2.75, 3.05) is 13.1 Å². The topological polar surface area (TPSA) is 203 Å².